The lowest BCUT2D eigenvalue weighted by atomic mass is 10.1. The zero-order valence-electron chi connectivity index (χ0n) is 13.7. The highest BCUT2D eigenvalue weighted by Crippen LogP contribution is 2.10. The van der Waals surface area contributed by atoms with Crippen LogP contribution in [0.15, 0.2) is 23.3 Å². The second-order valence-corrected chi connectivity index (χ2v) is 5.73. The number of carbonyl (C=O) groups excluding carboxylic acids is 1. The van der Waals surface area contributed by atoms with Gasteiger partial charge in [0.05, 0.1) is 21.1 Å². The molecule has 5 nitrogen and oxygen atoms in total. The molecule has 6 heteroatoms. The molecule has 0 aliphatic carbocycles. The van der Waals surface area contributed by atoms with Crippen molar-refractivity contribution in [2.45, 2.75) is 33.2 Å². The predicted molar refractivity (Wildman–Crippen MR) is 85.5 cm³/mol. The number of quaternary nitrogens is 1. The van der Waals surface area contributed by atoms with Crippen LogP contribution in [0.25, 0.3) is 0 Å². The zero-order chi connectivity index (χ0) is 15.9. The molecule has 21 heavy (non-hydrogen) atoms. The van der Waals surface area contributed by atoms with Gasteiger partial charge in [-0.1, -0.05) is 13.0 Å². The van der Waals surface area contributed by atoms with E-state index in [2.05, 4.69) is 0 Å². The molecule has 0 aliphatic heterocycles. The van der Waals surface area contributed by atoms with Crippen LogP contribution in [0.2, 0.25) is 0 Å². The summed E-state index contributed by atoms with van der Waals surface area (Å²) in [6.45, 7) is 5.35. The van der Waals surface area contributed by atoms with Gasteiger partial charge in [-0.15, -0.1) is 12.4 Å². The summed E-state index contributed by atoms with van der Waals surface area (Å²) in [5.41, 5.74) is 0.825. The molecule has 0 rings (SSSR count). The van der Waals surface area contributed by atoms with Crippen LogP contribution in [0, 0.1) is 0 Å². The Balaban J connectivity index is 0. The molecular weight excluding hydrogens is 294 g/mol. The SMILES string of the molecule is CCC=C(C)C(=O)OCC(C=C(C)C(=O)O)[N+](C)(C)C.Cl. The highest BCUT2D eigenvalue weighted by atomic mass is 35.5. The number of aliphatic carboxylic acids is 1. The number of allylic oxidation sites excluding steroid dienone is 1. The number of hydrogen-bond donors (Lipinski definition) is 1. The molecule has 0 saturated carbocycles. The smallest absolute Gasteiger partial charge is 0.333 e. The average molecular weight is 321 g/mol. The molecule has 0 spiro atoms. The van der Waals surface area contributed by atoms with Gasteiger partial charge in [0.25, 0.3) is 0 Å². The Labute approximate surface area is 133 Å². The first-order valence-corrected chi connectivity index (χ1v) is 6.66. The van der Waals surface area contributed by atoms with Crippen molar-refractivity contribution in [3.05, 3.63) is 23.3 Å². The predicted octanol–water partition coefficient (Wildman–Crippen LogP) is 2.41. The van der Waals surface area contributed by atoms with Gasteiger partial charge in [-0.2, -0.15) is 0 Å². The Bertz CT molecular complexity index is 422. The molecule has 0 heterocycles. The van der Waals surface area contributed by atoms with E-state index in [1.165, 1.54) is 6.92 Å². The summed E-state index contributed by atoms with van der Waals surface area (Å²) in [4.78, 5) is 22.7. The third kappa shape index (κ3) is 8.52. The van der Waals surface area contributed by atoms with Crippen LogP contribution in [0.1, 0.15) is 27.2 Å². The molecule has 0 aliphatic rings. The maximum absolute atomic E-state index is 11.7. The van der Waals surface area contributed by atoms with Crippen LogP contribution >= 0.6 is 12.4 Å². The number of nitrogens with zero attached hydrogens (tertiary/aromatic N) is 1. The number of carboxylic acid groups (broad SMARTS) is 1. The number of hydrogen-bond acceptors (Lipinski definition) is 3. The van der Waals surface area contributed by atoms with Gasteiger partial charge in [-0.3, -0.25) is 0 Å². The number of ether oxygens (including phenoxy) is 1. The van der Waals surface area contributed by atoms with E-state index >= 15 is 0 Å². The van der Waals surface area contributed by atoms with Gasteiger partial charge in [-0.05, 0) is 26.3 Å². The van der Waals surface area contributed by atoms with Crippen LogP contribution in [-0.4, -0.2) is 55.3 Å². The summed E-state index contributed by atoms with van der Waals surface area (Å²) in [5.74, 6) is -1.32. The number of rotatable bonds is 7. The number of esters is 1. The van der Waals surface area contributed by atoms with Crippen LogP contribution < -0.4 is 0 Å². The van der Waals surface area contributed by atoms with Gasteiger partial charge in [0, 0.05) is 11.1 Å². The molecule has 0 aromatic carbocycles. The summed E-state index contributed by atoms with van der Waals surface area (Å²) in [6, 6.07) is -0.204. The van der Waals surface area contributed by atoms with E-state index in [-0.39, 0.29) is 36.6 Å². The first kappa shape index (κ1) is 22.0. The van der Waals surface area contributed by atoms with E-state index in [9.17, 15) is 9.59 Å². The van der Waals surface area contributed by atoms with Crippen molar-refractivity contribution in [2.24, 2.45) is 0 Å². The van der Waals surface area contributed by atoms with Crippen molar-refractivity contribution in [1.82, 2.24) is 0 Å². The molecular formula is C15H27ClNO4+. The highest BCUT2D eigenvalue weighted by molar-refractivity contribution is 5.87. The van der Waals surface area contributed by atoms with E-state index in [1.54, 1.807) is 13.0 Å². The van der Waals surface area contributed by atoms with Gasteiger partial charge in [0.2, 0.25) is 0 Å². The number of halogens is 1. The summed E-state index contributed by atoms with van der Waals surface area (Å²) in [7, 11) is 5.79. The Kier molecular flexibility index (Phi) is 10.0. The summed E-state index contributed by atoms with van der Waals surface area (Å²) < 4.78 is 5.75. The molecule has 0 bridgehead atoms. The van der Waals surface area contributed by atoms with Crippen molar-refractivity contribution in [2.75, 3.05) is 27.7 Å². The fourth-order valence-electron chi connectivity index (χ4n) is 1.52. The molecule has 0 amide bonds. The second kappa shape index (κ2) is 9.58. The number of likely N-dealkylation sites (N-methyl/N-ethyl adjacent to an activating group) is 1. The molecule has 0 aromatic heterocycles. The van der Waals surface area contributed by atoms with Gasteiger partial charge in [0.1, 0.15) is 12.6 Å². The van der Waals surface area contributed by atoms with Crippen molar-refractivity contribution in [3.63, 3.8) is 0 Å². The minimum Gasteiger partial charge on any atom is -0.478 e. The van der Waals surface area contributed by atoms with Crippen LogP contribution in [0.3, 0.4) is 0 Å². The second-order valence-electron chi connectivity index (χ2n) is 5.73. The third-order valence-corrected chi connectivity index (χ3v) is 2.99. The monoisotopic (exact) mass is 320 g/mol. The van der Waals surface area contributed by atoms with E-state index in [0.29, 0.717) is 10.1 Å². The molecule has 0 radical (unpaired) electrons. The lowest BCUT2D eigenvalue weighted by Crippen LogP contribution is -2.47. The Morgan fingerprint density at radius 2 is 1.71 bits per heavy atom. The maximum atomic E-state index is 11.7. The molecule has 1 atom stereocenters. The Morgan fingerprint density at radius 3 is 2.10 bits per heavy atom. The van der Waals surface area contributed by atoms with Gasteiger partial charge in [-0.25, -0.2) is 9.59 Å². The quantitative estimate of drug-likeness (QED) is 0.444. The van der Waals surface area contributed by atoms with Crippen LogP contribution in [0.5, 0.6) is 0 Å². The summed E-state index contributed by atoms with van der Waals surface area (Å²) >= 11 is 0. The third-order valence-electron chi connectivity index (χ3n) is 2.99. The molecule has 1 unspecified atom stereocenters. The first-order chi connectivity index (χ1) is 9.09. The van der Waals surface area contributed by atoms with E-state index < -0.39 is 5.97 Å². The van der Waals surface area contributed by atoms with E-state index in [0.717, 1.165) is 6.42 Å². The topological polar surface area (TPSA) is 63.6 Å². The first-order valence-electron chi connectivity index (χ1n) is 6.66. The van der Waals surface area contributed by atoms with Crippen LogP contribution in [0.4, 0.5) is 0 Å². The molecule has 122 valence electrons. The van der Waals surface area contributed by atoms with E-state index in [4.69, 9.17) is 9.84 Å². The van der Waals surface area contributed by atoms with Crippen molar-refractivity contribution >= 4 is 24.3 Å². The highest BCUT2D eigenvalue weighted by Gasteiger charge is 2.24. The minimum absolute atomic E-state index is 0. The van der Waals surface area contributed by atoms with Crippen molar-refractivity contribution in [3.8, 4) is 0 Å². The summed E-state index contributed by atoms with van der Waals surface area (Å²) in [5, 5.41) is 8.94. The van der Waals surface area contributed by atoms with Crippen molar-refractivity contribution in [1.29, 1.82) is 0 Å². The lowest BCUT2D eigenvalue weighted by molar-refractivity contribution is -0.889. The average Bonchev–Trinajstić information content (AvgIpc) is 2.32. The maximum Gasteiger partial charge on any atom is 0.333 e. The molecule has 0 aromatic rings. The molecule has 1 N–H and O–H groups in total. The number of carbonyl (C=O) groups is 2. The lowest BCUT2D eigenvalue weighted by Gasteiger charge is -2.32. The zero-order valence-corrected chi connectivity index (χ0v) is 14.5. The minimum atomic E-state index is -0.961. The van der Waals surface area contributed by atoms with Gasteiger partial charge in [0.15, 0.2) is 0 Å². The molecule has 0 fully saturated rings. The fourth-order valence-corrected chi connectivity index (χ4v) is 1.52. The largest absolute Gasteiger partial charge is 0.478 e. The molecule has 0 saturated heterocycles. The standard InChI is InChI=1S/C15H25NO4.ClH/c1-7-8-11(2)15(19)20-10-13(16(4,5)6)9-12(3)14(17)18;/h8-9,13H,7,10H2,1-6H3;1H/p+1. The van der Waals surface area contributed by atoms with Crippen molar-refractivity contribution < 1.29 is 23.9 Å². The Morgan fingerprint density at radius 1 is 1.19 bits per heavy atom. The Hall–Kier alpha value is -1.33. The van der Waals surface area contributed by atoms with Crippen LogP contribution in [-0.2, 0) is 14.3 Å². The van der Waals surface area contributed by atoms with Gasteiger partial charge >= 0.3 is 11.9 Å². The summed E-state index contributed by atoms with van der Waals surface area (Å²) in [6.07, 6.45) is 4.22. The van der Waals surface area contributed by atoms with Gasteiger partial charge < -0.3 is 14.3 Å². The number of carboxylic acids is 1. The van der Waals surface area contributed by atoms with E-state index in [1.807, 2.05) is 34.1 Å². The fraction of sp³-hybridized carbons (Fsp3) is 0.600. The normalized spacial score (nSPS) is 14.2.